The van der Waals surface area contributed by atoms with Gasteiger partial charge in [-0.3, -0.25) is 4.79 Å². The number of rotatable bonds is 8. The number of aliphatic hydroxyl groups excluding tert-OH is 1. The fourth-order valence-corrected chi connectivity index (χ4v) is 1.78. The quantitative estimate of drug-likeness (QED) is 0.772. The van der Waals surface area contributed by atoms with Crippen LogP contribution in [0.3, 0.4) is 0 Å². The van der Waals surface area contributed by atoms with Gasteiger partial charge in [-0.25, -0.2) is 0 Å². The lowest BCUT2D eigenvalue weighted by Gasteiger charge is -2.19. The zero-order valence-electron chi connectivity index (χ0n) is 13.2. The number of nitrogens with one attached hydrogen (secondary N) is 1. The van der Waals surface area contributed by atoms with Crippen molar-refractivity contribution in [3.05, 3.63) is 23.8 Å². The third-order valence-corrected chi connectivity index (χ3v) is 3.31. The predicted octanol–water partition coefficient (Wildman–Crippen LogP) is 2.23. The average Bonchev–Trinajstić information content (AvgIpc) is 2.48. The van der Waals surface area contributed by atoms with Gasteiger partial charge in [0, 0.05) is 18.2 Å². The molecule has 1 aromatic carbocycles. The third-order valence-electron chi connectivity index (χ3n) is 3.31. The van der Waals surface area contributed by atoms with Crippen LogP contribution in [0.2, 0.25) is 0 Å². The van der Waals surface area contributed by atoms with Crippen molar-refractivity contribution < 1.29 is 19.4 Å². The largest absolute Gasteiger partial charge is 0.490 e. The highest BCUT2D eigenvalue weighted by molar-refractivity contribution is 5.95. The number of hydrogen-bond donors (Lipinski definition) is 2. The van der Waals surface area contributed by atoms with E-state index in [9.17, 15) is 4.79 Å². The Morgan fingerprint density at radius 2 is 1.81 bits per heavy atom. The number of amides is 1. The Morgan fingerprint density at radius 1 is 1.19 bits per heavy atom. The molecule has 2 N–H and O–H groups in total. The number of hydrogen-bond acceptors (Lipinski definition) is 4. The monoisotopic (exact) mass is 295 g/mol. The van der Waals surface area contributed by atoms with E-state index in [0.29, 0.717) is 30.3 Å². The van der Waals surface area contributed by atoms with Gasteiger partial charge in [-0.2, -0.15) is 0 Å². The maximum atomic E-state index is 12.2. The molecular formula is C16H25NO4. The summed E-state index contributed by atoms with van der Waals surface area (Å²) in [6.07, 6.45) is 0. The first-order valence-electron chi connectivity index (χ1n) is 7.34. The highest BCUT2D eigenvalue weighted by Crippen LogP contribution is 2.28. The van der Waals surface area contributed by atoms with Gasteiger partial charge in [0.2, 0.25) is 0 Å². The molecule has 0 bridgehead atoms. The molecule has 1 amide bonds. The Balaban J connectivity index is 2.87. The van der Waals surface area contributed by atoms with Crippen LogP contribution in [-0.4, -0.2) is 36.9 Å². The van der Waals surface area contributed by atoms with Crippen molar-refractivity contribution in [1.29, 1.82) is 0 Å². The first-order chi connectivity index (χ1) is 10.0. The molecule has 0 saturated carbocycles. The van der Waals surface area contributed by atoms with Crippen LogP contribution in [-0.2, 0) is 0 Å². The van der Waals surface area contributed by atoms with E-state index in [0.717, 1.165) is 0 Å². The van der Waals surface area contributed by atoms with Gasteiger partial charge >= 0.3 is 0 Å². The summed E-state index contributed by atoms with van der Waals surface area (Å²) in [4.78, 5) is 12.2. The molecule has 1 aromatic rings. The minimum Gasteiger partial charge on any atom is -0.490 e. The summed E-state index contributed by atoms with van der Waals surface area (Å²) in [5, 5.41) is 12.0. The molecule has 0 fully saturated rings. The molecule has 0 heterocycles. The van der Waals surface area contributed by atoms with Crippen molar-refractivity contribution in [3.63, 3.8) is 0 Å². The Bertz CT molecular complexity index is 462. The fraction of sp³-hybridized carbons (Fsp3) is 0.562. The molecule has 118 valence electrons. The summed E-state index contributed by atoms with van der Waals surface area (Å²) in [6, 6.07) is 5.02. The lowest BCUT2D eigenvalue weighted by molar-refractivity contribution is 0.0915. The summed E-state index contributed by atoms with van der Waals surface area (Å²) in [5.41, 5.74) is 0.513. The molecule has 0 aromatic heterocycles. The van der Waals surface area contributed by atoms with Crippen LogP contribution in [0, 0.1) is 5.92 Å². The van der Waals surface area contributed by atoms with E-state index in [4.69, 9.17) is 14.6 Å². The molecule has 21 heavy (non-hydrogen) atoms. The van der Waals surface area contributed by atoms with Crippen LogP contribution >= 0.6 is 0 Å². The van der Waals surface area contributed by atoms with Crippen LogP contribution in [0.1, 0.15) is 38.1 Å². The van der Waals surface area contributed by atoms with Crippen LogP contribution in [0.25, 0.3) is 0 Å². The van der Waals surface area contributed by atoms with Gasteiger partial charge in [0.1, 0.15) is 0 Å². The highest BCUT2D eigenvalue weighted by atomic mass is 16.5. The standard InChI is InChI=1S/C16H25NO4/c1-5-20-14-8-7-13(9-15(14)21-6-2)16(19)17-12(4)11(3)10-18/h7-9,11-12,18H,5-6,10H2,1-4H3,(H,17,19). The van der Waals surface area contributed by atoms with Crippen molar-refractivity contribution >= 4 is 5.91 Å². The maximum absolute atomic E-state index is 12.2. The molecule has 0 aliphatic heterocycles. The molecule has 0 saturated heterocycles. The van der Waals surface area contributed by atoms with E-state index >= 15 is 0 Å². The SMILES string of the molecule is CCOc1ccc(C(=O)NC(C)C(C)CO)cc1OCC. The van der Waals surface area contributed by atoms with Crippen LogP contribution < -0.4 is 14.8 Å². The summed E-state index contributed by atoms with van der Waals surface area (Å²) < 4.78 is 11.0. The lowest BCUT2D eigenvalue weighted by Crippen LogP contribution is -2.38. The lowest BCUT2D eigenvalue weighted by atomic mass is 10.0. The number of benzene rings is 1. The van der Waals surface area contributed by atoms with Gasteiger partial charge in [0.15, 0.2) is 11.5 Å². The maximum Gasteiger partial charge on any atom is 0.251 e. The topological polar surface area (TPSA) is 67.8 Å². The normalized spacial score (nSPS) is 13.4. The molecule has 0 spiro atoms. The second-order valence-corrected chi connectivity index (χ2v) is 4.95. The number of ether oxygens (including phenoxy) is 2. The Kier molecular flexibility index (Phi) is 7.02. The van der Waals surface area contributed by atoms with Crippen LogP contribution in [0.5, 0.6) is 11.5 Å². The fourth-order valence-electron chi connectivity index (χ4n) is 1.78. The average molecular weight is 295 g/mol. The number of carbonyl (C=O) groups excluding carboxylic acids is 1. The summed E-state index contributed by atoms with van der Waals surface area (Å²) in [7, 11) is 0. The van der Waals surface area contributed by atoms with Crippen molar-refractivity contribution in [2.75, 3.05) is 19.8 Å². The molecule has 5 heteroatoms. The van der Waals surface area contributed by atoms with E-state index in [1.807, 2.05) is 27.7 Å². The van der Waals surface area contributed by atoms with Crippen molar-refractivity contribution in [2.45, 2.75) is 33.7 Å². The molecule has 2 atom stereocenters. The Hall–Kier alpha value is -1.75. The van der Waals surface area contributed by atoms with E-state index in [1.54, 1.807) is 18.2 Å². The van der Waals surface area contributed by atoms with Crippen molar-refractivity contribution in [1.82, 2.24) is 5.32 Å². The van der Waals surface area contributed by atoms with Gasteiger partial charge in [-0.1, -0.05) is 6.92 Å². The number of carbonyl (C=O) groups is 1. The highest BCUT2D eigenvalue weighted by Gasteiger charge is 2.16. The summed E-state index contributed by atoms with van der Waals surface area (Å²) >= 11 is 0. The number of aliphatic hydroxyl groups is 1. The molecule has 0 aliphatic rings. The minimum atomic E-state index is -0.188. The van der Waals surface area contributed by atoms with E-state index in [-0.39, 0.29) is 24.5 Å². The molecule has 2 unspecified atom stereocenters. The van der Waals surface area contributed by atoms with E-state index in [1.165, 1.54) is 0 Å². The first kappa shape index (κ1) is 17.3. The smallest absolute Gasteiger partial charge is 0.251 e. The first-order valence-corrected chi connectivity index (χ1v) is 7.34. The second kappa shape index (κ2) is 8.52. The van der Waals surface area contributed by atoms with E-state index < -0.39 is 0 Å². The Morgan fingerprint density at radius 3 is 2.38 bits per heavy atom. The summed E-state index contributed by atoms with van der Waals surface area (Å²) in [6.45, 7) is 8.61. The molecule has 5 nitrogen and oxygen atoms in total. The molecule has 1 rings (SSSR count). The second-order valence-electron chi connectivity index (χ2n) is 4.95. The molecule has 0 aliphatic carbocycles. The minimum absolute atomic E-state index is 0.00279. The molecule has 0 radical (unpaired) electrons. The summed E-state index contributed by atoms with van der Waals surface area (Å²) in [5.74, 6) is 1.01. The van der Waals surface area contributed by atoms with E-state index in [2.05, 4.69) is 5.32 Å². The van der Waals surface area contributed by atoms with Gasteiger partial charge in [0.05, 0.1) is 13.2 Å². The van der Waals surface area contributed by atoms with Crippen LogP contribution in [0.15, 0.2) is 18.2 Å². The van der Waals surface area contributed by atoms with Crippen molar-refractivity contribution in [3.8, 4) is 11.5 Å². The zero-order valence-corrected chi connectivity index (χ0v) is 13.2. The van der Waals surface area contributed by atoms with Gasteiger partial charge < -0.3 is 19.9 Å². The van der Waals surface area contributed by atoms with Crippen LogP contribution in [0.4, 0.5) is 0 Å². The van der Waals surface area contributed by atoms with Gasteiger partial charge in [-0.15, -0.1) is 0 Å². The third kappa shape index (κ3) is 4.93. The van der Waals surface area contributed by atoms with Gasteiger partial charge in [-0.05, 0) is 44.9 Å². The predicted molar refractivity (Wildman–Crippen MR) is 82.0 cm³/mol. The van der Waals surface area contributed by atoms with Gasteiger partial charge in [0.25, 0.3) is 5.91 Å². The van der Waals surface area contributed by atoms with Crippen molar-refractivity contribution in [2.24, 2.45) is 5.92 Å². The molecular weight excluding hydrogens is 270 g/mol. The Labute approximate surface area is 126 Å². The zero-order chi connectivity index (χ0) is 15.8.